The van der Waals surface area contributed by atoms with Crippen molar-refractivity contribution >= 4 is 253 Å². The highest BCUT2D eigenvalue weighted by Gasteiger charge is 2.49. The maximum absolute atomic E-state index is 12.8. The highest BCUT2D eigenvalue weighted by atomic mass is 35.5. The molecule has 0 unspecified atom stereocenters. The molecule has 5 amide bonds. The Balaban J connectivity index is 0.000000169. The van der Waals surface area contributed by atoms with E-state index >= 15 is 0 Å². The summed E-state index contributed by atoms with van der Waals surface area (Å²) in [6, 6.07) is 31.5. The lowest BCUT2D eigenvalue weighted by atomic mass is 10.0. The molecule has 0 aliphatic carbocycles. The Kier molecular flexibility index (Phi) is 32.5. The van der Waals surface area contributed by atoms with Gasteiger partial charge < -0.3 is 65.0 Å². The third-order valence-electron chi connectivity index (χ3n) is 20.8. The van der Waals surface area contributed by atoms with Gasteiger partial charge in [0.2, 0.25) is 91.4 Å². The summed E-state index contributed by atoms with van der Waals surface area (Å²) in [4.78, 5) is 117. The number of sulfonamides is 5. The lowest BCUT2D eigenvalue weighted by molar-refractivity contribution is -0.141. The van der Waals surface area contributed by atoms with E-state index in [0.717, 1.165) is 102 Å². The zero-order valence-electron chi connectivity index (χ0n) is 75.4. The Hall–Kier alpha value is -12.0. The number of anilines is 5. The molecule has 10 aromatic heterocycles. The first-order chi connectivity index (χ1) is 65.4. The summed E-state index contributed by atoms with van der Waals surface area (Å²) in [6.07, 6.45) is -3.91. The number of aromatic amines is 1. The van der Waals surface area contributed by atoms with Crippen LogP contribution in [0, 0.1) is 11.3 Å². The standard InChI is InChI=1S/C17H20ClN5O3S2.C16H15ClF3N5O3S2.C16H15ClN6O3S2.C16H18ClN5O4S2.C15H16ClN5O4S2/c1-4-10-6-5-7-13(20-10)21-15(24)12-8-11(18)14(27-12)17(2)9-28(25,26)23(3)16(19)22-17;1-15(7-30(27,28)25(2)14(21)24-15)12-8(17)6-9(29-12)13(26)23-11-5-3-4-10(22-11)16(18,19)20;1-16(8-28(25,26)23(2)15(19)22-16)13-10(17)6-11(27-13)14(24)21-12-5-3-4-9(7-18)20-12;1-16(8-28(24,25)22(2)15(18)21-16)13-9(17)7-10(27-13)14(23)20-11-5-4-6-12(19-11)26-3;1-15(7-27(24,25)21(2)14(17)20-15)12-8(16)6-9(26-12)13(23)19-10-4-3-5-11(22)18-10/h5-8H,4,9H2,1-3H3,(H2,19,22)(H,20,21,24);3-6H,7H2,1-2H3,(H2,21,24)(H,22,23,26);3-6H,8H2,1-2H3,(H2,19,22)(H,20,21,24);4-7H,8H2,1-3H3,(H2,18,21)(H,19,20,23);3-6H,7H2,1-2H3,(H2,17,20)(H2,18,19,22,23)/t17-;15-;2*16-;15-/m00000/s1. The number of nitrogens with two attached hydrogens (primary N) is 5. The topological polar surface area (TPSA) is 642 Å². The van der Waals surface area contributed by atoms with Crippen LogP contribution in [0.2, 0.25) is 25.1 Å². The molecular weight excluding hydrogens is 2150 g/mol. The zero-order chi connectivity index (χ0) is 105. The summed E-state index contributed by atoms with van der Waals surface area (Å²) >= 11 is 36.5. The molecule has 0 aromatic carbocycles. The average molecular weight is 2240 g/mol. The fourth-order valence-electron chi connectivity index (χ4n) is 13.6. The lowest BCUT2D eigenvalue weighted by Crippen LogP contribution is -2.50. The van der Waals surface area contributed by atoms with Gasteiger partial charge in [-0.1, -0.05) is 95.3 Å². The lowest BCUT2D eigenvalue weighted by Gasteiger charge is -2.33. The molecule has 0 spiro atoms. The van der Waals surface area contributed by atoms with Crippen molar-refractivity contribution in [3.63, 3.8) is 0 Å². The molecule has 15 rings (SSSR count). The van der Waals surface area contributed by atoms with Crippen molar-refractivity contribution < 1.29 is 84.0 Å². The summed E-state index contributed by atoms with van der Waals surface area (Å²) in [7, 11) is -10.3. The molecule has 5 aliphatic rings. The molecule has 0 fully saturated rings. The number of nitrogens with one attached hydrogen (secondary N) is 6. The molecular formula is C80H84Cl5F3N26O17S10. The number of rotatable bonds is 17. The number of guanidine groups is 5. The van der Waals surface area contributed by atoms with Crippen LogP contribution in [0.1, 0.15) is 131 Å². The molecule has 43 nitrogen and oxygen atoms in total. The number of H-pyrrole nitrogens is 1. The van der Waals surface area contributed by atoms with Gasteiger partial charge in [-0.15, -0.1) is 56.7 Å². The average Bonchev–Trinajstić information content (AvgIpc) is 1.79. The molecule has 5 atom stereocenters. The van der Waals surface area contributed by atoms with Crippen LogP contribution < -0.4 is 65.5 Å². The molecule has 16 N–H and O–H groups in total. The van der Waals surface area contributed by atoms with Crippen molar-refractivity contribution in [1.29, 1.82) is 5.26 Å². The summed E-state index contributed by atoms with van der Waals surface area (Å²) in [5.41, 5.74) is 22.2. The predicted molar refractivity (Wildman–Crippen MR) is 539 cm³/mol. The summed E-state index contributed by atoms with van der Waals surface area (Å²) in [5, 5.41) is 22.7. The van der Waals surface area contributed by atoms with Crippen LogP contribution in [-0.4, -0.2) is 219 Å². The second kappa shape index (κ2) is 41.9. The molecule has 0 saturated carbocycles. The number of carbonyl (C=O) groups is 5. The van der Waals surface area contributed by atoms with Gasteiger partial charge in [0, 0.05) is 53.1 Å². The number of thiophene rings is 5. The van der Waals surface area contributed by atoms with E-state index < -0.39 is 119 Å². The monoisotopic (exact) mass is 2230 g/mol. The zero-order valence-corrected chi connectivity index (χ0v) is 87.4. The van der Waals surface area contributed by atoms with Gasteiger partial charge in [-0.25, -0.2) is 104 Å². The third kappa shape index (κ3) is 25.0. The number of nitrogens with zero attached hydrogens (tertiary/aromatic N) is 15. The van der Waals surface area contributed by atoms with E-state index in [1.165, 1.54) is 110 Å². The Labute approximate surface area is 849 Å². The minimum absolute atomic E-state index is 0.0422. The molecule has 0 bridgehead atoms. The maximum atomic E-state index is 12.8. The summed E-state index contributed by atoms with van der Waals surface area (Å²) in [5.74, 6) is -3.77. The Bertz CT molecular complexity index is 7400. The second-order valence-corrected chi connectivity index (χ2v) is 49.1. The number of halogens is 8. The molecule has 5 aliphatic heterocycles. The Morgan fingerprint density at radius 1 is 0.426 bits per heavy atom. The van der Waals surface area contributed by atoms with Crippen molar-refractivity contribution in [3.05, 3.63) is 223 Å². The second-order valence-electron chi connectivity index (χ2n) is 31.8. The first-order valence-electron chi connectivity index (χ1n) is 40.1. The van der Waals surface area contributed by atoms with E-state index in [9.17, 15) is 84.0 Å². The van der Waals surface area contributed by atoms with Crippen LogP contribution in [0.25, 0.3) is 0 Å². The minimum atomic E-state index is -4.66. The van der Waals surface area contributed by atoms with Crippen LogP contribution in [0.4, 0.5) is 42.3 Å². The Morgan fingerprint density at radius 2 is 0.695 bits per heavy atom. The maximum Gasteiger partial charge on any atom is 0.433 e. The number of pyridine rings is 5. The van der Waals surface area contributed by atoms with E-state index in [4.69, 9.17) is 96.7 Å². The summed E-state index contributed by atoms with van der Waals surface area (Å²) < 4.78 is 171. The number of amides is 5. The number of aromatic nitrogens is 5. The number of hydrogen-bond donors (Lipinski definition) is 11. The quantitative estimate of drug-likeness (QED) is 0.0403. The highest BCUT2D eigenvalue weighted by Crippen LogP contribution is 2.48. The summed E-state index contributed by atoms with van der Waals surface area (Å²) in [6.45, 7) is 9.93. The molecule has 752 valence electrons. The van der Waals surface area contributed by atoms with E-state index in [-0.39, 0.29) is 137 Å². The molecule has 61 heteroatoms. The number of alkyl halides is 3. The van der Waals surface area contributed by atoms with Crippen molar-refractivity contribution in [2.24, 2.45) is 53.6 Å². The van der Waals surface area contributed by atoms with Gasteiger partial charge in [-0.05, 0) is 120 Å². The molecule has 10 aromatic rings. The van der Waals surface area contributed by atoms with Crippen LogP contribution in [0.5, 0.6) is 5.88 Å². The SMILES string of the molecule is CCc1cccc(NC(=O)c2cc(Cl)c([C@]3(C)CS(=O)(=O)N(C)C(N)=N3)s2)n1.CN1C(N)=N[C@](C)(c2sc(C(=O)Nc3cccc(=O)[nH]3)cc2Cl)CS1(=O)=O.CN1C(N)=N[C@](C)(c2sc(C(=O)Nc3cccc(C#N)n3)cc2Cl)CS1(=O)=O.CN1C(N)=N[C@](C)(c2sc(C(=O)Nc3cccc(C(F)(F)F)n3)cc2Cl)CS1(=O)=O.COc1cccc(NC(=O)c2cc(Cl)c([C@]3(C)CS(=O)(=O)N(C)C(N)=N3)s2)n1. The predicted octanol–water partition coefficient (Wildman–Crippen LogP) is 10.0. The van der Waals surface area contributed by atoms with Crippen LogP contribution in [0.3, 0.4) is 0 Å². The van der Waals surface area contributed by atoms with Crippen molar-refractivity contribution in [2.45, 2.75) is 81.8 Å². The van der Waals surface area contributed by atoms with Crippen LogP contribution in [-0.2, 0) is 90.4 Å². The van der Waals surface area contributed by atoms with E-state index in [0.29, 0.717) is 41.9 Å². The van der Waals surface area contributed by atoms with E-state index in [2.05, 4.69) is 76.5 Å². The number of hydrogen-bond acceptors (Lipinski definition) is 37. The van der Waals surface area contributed by atoms with Crippen molar-refractivity contribution in [1.82, 2.24) is 46.4 Å². The van der Waals surface area contributed by atoms with Gasteiger partial charge in [0.15, 0.2) is 0 Å². The van der Waals surface area contributed by atoms with Crippen molar-refractivity contribution in [3.8, 4) is 11.9 Å². The molecule has 141 heavy (non-hydrogen) atoms. The number of carbonyl (C=O) groups excluding carboxylic acids is 5. The van der Waals surface area contributed by atoms with Crippen LogP contribution in [0.15, 0.2) is 151 Å². The fraction of sp³-hybridized carbons (Fsp3) is 0.300. The normalized spacial score (nSPS) is 21.2. The van der Waals surface area contributed by atoms with E-state index in [1.807, 2.05) is 25.1 Å². The van der Waals surface area contributed by atoms with Gasteiger partial charge in [-0.3, -0.25) is 28.8 Å². The molecule has 0 radical (unpaired) electrons. The number of methoxy groups -OCH3 is 1. The minimum Gasteiger partial charge on any atom is -0.481 e. The Morgan fingerprint density at radius 3 is 0.979 bits per heavy atom. The number of aryl methyl sites for hydroxylation is 1. The van der Waals surface area contributed by atoms with Gasteiger partial charge in [0.05, 0.1) is 110 Å². The van der Waals surface area contributed by atoms with Gasteiger partial charge in [0.25, 0.3) is 29.5 Å². The highest BCUT2D eigenvalue weighted by molar-refractivity contribution is 7.91. The fourth-order valence-corrected chi connectivity index (χ4v) is 28.8. The van der Waals surface area contributed by atoms with Gasteiger partial charge in [0.1, 0.15) is 74.2 Å². The van der Waals surface area contributed by atoms with Gasteiger partial charge >= 0.3 is 6.18 Å². The van der Waals surface area contributed by atoms with Gasteiger partial charge in [-0.2, -0.15) is 23.4 Å². The number of aliphatic imine (C=N–C) groups is 5. The third-order valence-corrected chi connectivity index (χ3v) is 39.5. The smallest absolute Gasteiger partial charge is 0.433 e. The largest absolute Gasteiger partial charge is 0.481 e. The first kappa shape index (κ1) is 109. The van der Waals surface area contributed by atoms with Crippen LogP contribution >= 0.6 is 115 Å². The molecule has 15 heterocycles. The molecule has 0 saturated heterocycles. The van der Waals surface area contributed by atoms with E-state index in [1.54, 1.807) is 64.1 Å². The van der Waals surface area contributed by atoms with Crippen molar-refractivity contribution in [2.75, 3.05) is 97.7 Å². The number of ether oxygens (including phenoxy) is 1. The first-order valence-corrected chi connectivity index (χ1v) is 54.2. The number of nitriles is 1.